The fraction of sp³-hybridized carbons (Fsp3) is 1.00. The highest BCUT2D eigenvalue weighted by atomic mass is 16.3. The van der Waals surface area contributed by atoms with E-state index >= 15 is 0 Å². The molecule has 0 bridgehead atoms. The molecule has 0 amide bonds. The molecule has 0 aromatic rings. The molecule has 0 rings (SSSR count). The molecule has 0 aromatic carbocycles. The second-order valence-corrected chi connectivity index (χ2v) is 4.74. The molecule has 0 saturated carbocycles. The van der Waals surface area contributed by atoms with Crippen LogP contribution in [0.4, 0.5) is 0 Å². The molecule has 0 spiro atoms. The zero-order valence-electron chi connectivity index (χ0n) is 9.59. The minimum absolute atomic E-state index is 0.240. The third-order valence-electron chi connectivity index (χ3n) is 1.93. The lowest BCUT2D eigenvalue weighted by Gasteiger charge is -2.30. The van der Waals surface area contributed by atoms with E-state index in [9.17, 15) is 5.11 Å². The normalized spacial score (nSPS) is 15.0. The number of likely N-dealkylation sites (N-methyl/N-ethyl adjacent to an activating group) is 1. The lowest BCUT2D eigenvalue weighted by atomic mass is 9.93. The van der Waals surface area contributed by atoms with E-state index in [-0.39, 0.29) is 11.5 Å². The second-order valence-electron chi connectivity index (χ2n) is 4.74. The molecule has 0 aromatic heterocycles. The molecule has 13 heavy (non-hydrogen) atoms. The van der Waals surface area contributed by atoms with Crippen LogP contribution in [0.1, 0.15) is 20.8 Å². The first-order chi connectivity index (χ1) is 5.87. The molecule has 0 fully saturated rings. The van der Waals surface area contributed by atoms with E-state index in [4.69, 9.17) is 0 Å². The zero-order valence-corrected chi connectivity index (χ0v) is 9.59. The van der Waals surface area contributed by atoms with E-state index in [0.29, 0.717) is 0 Å². The van der Waals surface area contributed by atoms with Crippen molar-refractivity contribution >= 4 is 0 Å². The maximum Gasteiger partial charge on any atom is 0.0638 e. The maximum atomic E-state index is 9.19. The molecule has 0 saturated heterocycles. The van der Waals surface area contributed by atoms with Gasteiger partial charge in [0.1, 0.15) is 0 Å². The van der Waals surface area contributed by atoms with Crippen molar-refractivity contribution < 1.29 is 5.11 Å². The Hall–Kier alpha value is -0.120. The molecular weight excluding hydrogens is 164 g/mol. The van der Waals surface area contributed by atoms with Crippen molar-refractivity contribution in [2.75, 3.05) is 33.7 Å². The van der Waals surface area contributed by atoms with Gasteiger partial charge in [0.25, 0.3) is 0 Å². The molecule has 3 heteroatoms. The first-order valence-corrected chi connectivity index (χ1v) is 4.88. The molecule has 0 aliphatic rings. The van der Waals surface area contributed by atoms with Crippen molar-refractivity contribution in [1.82, 2.24) is 10.2 Å². The molecule has 3 nitrogen and oxygen atoms in total. The SMILES string of the molecule is CNCC(C)(C)CN(C)CC(C)O. The Morgan fingerprint density at radius 1 is 1.46 bits per heavy atom. The molecule has 2 N–H and O–H groups in total. The van der Waals surface area contributed by atoms with E-state index in [2.05, 4.69) is 24.1 Å². The van der Waals surface area contributed by atoms with E-state index in [0.717, 1.165) is 19.6 Å². The van der Waals surface area contributed by atoms with Crippen LogP contribution in [0.2, 0.25) is 0 Å². The van der Waals surface area contributed by atoms with E-state index in [1.807, 2.05) is 21.0 Å². The molecular formula is C10H24N2O. The third kappa shape index (κ3) is 6.99. The van der Waals surface area contributed by atoms with Crippen LogP contribution in [-0.2, 0) is 0 Å². The highest BCUT2D eigenvalue weighted by Crippen LogP contribution is 2.14. The Kier molecular flexibility index (Phi) is 5.53. The largest absolute Gasteiger partial charge is 0.392 e. The van der Waals surface area contributed by atoms with Crippen LogP contribution in [-0.4, -0.2) is 49.8 Å². The molecule has 80 valence electrons. The Balaban J connectivity index is 3.81. The van der Waals surface area contributed by atoms with Gasteiger partial charge in [0.15, 0.2) is 0 Å². The Bertz CT molecular complexity index is 135. The Morgan fingerprint density at radius 2 is 2.00 bits per heavy atom. The average molecular weight is 188 g/mol. The van der Waals surface area contributed by atoms with Crippen molar-refractivity contribution in [1.29, 1.82) is 0 Å². The van der Waals surface area contributed by atoms with Crippen LogP contribution in [0, 0.1) is 5.41 Å². The van der Waals surface area contributed by atoms with Crippen molar-refractivity contribution in [3.8, 4) is 0 Å². The summed E-state index contributed by atoms with van der Waals surface area (Å²) in [5.74, 6) is 0. The number of aliphatic hydroxyl groups excluding tert-OH is 1. The minimum atomic E-state index is -0.240. The zero-order chi connectivity index (χ0) is 10.5. The van der Waals surface area contributed by atoms with Crippen LogP contribution in [0.15, 0.2) is 0 Å². The molecule has 0 heterocycles. The van der Waals surface area contributed by atoms with Gasteiger partial charge in [-0.1, -0.05) is 13.8 Å². The van der Waals surface area contributed by atoms with Gasteiger partial charge in [-0.15, -0.1) is 0 Å². The lowest BCUT2D eigenvalue weighted by Crippen LogP contribution is -2.40. The quantitative estimate of drug-likeness (QED) is 0.639. The van der Waals surface area contributed by atoms with Crippen molar-refractivity contribution in [3.63, 3.8) is 0 Å². The number of hydrogen-bond donors (Lipinski definition) is 2. The van der Waals surface area contributed by atoms with Crippen LogP contribution >= 0.6 is 0 Å². The van der Waals surface area contributed by atoms with Gasteiger partial charge in [0.05, 0.1) is 6.10 Å². The predicted molar refractivity (Wildman–Crippen MR) is 56.9 cm³/mol. The van der Waals surface area contributed by atoms with Crippen LogP contribution in [0.3, 0.4) is 0 Å². The van der Waals surface area contributed by atoms with Crippen LogP contribution in [0.5, 0.6) is 0 Å². The summed E-state index contributed by atoms with van der Waals surface area (Å²) in [6, 6.07) is 0. The third-order valence-corrected chi connectivity index (χ3v) is 1.93. The molecule has 1 unspecified atom stereocenters. The summed E-state index contributed by atoms with van der Waals surface area (Å²) in [5.41, 5.74) is 0.262. The van der Waals surface area contributed by atoms with Crippen molar-refractivity contribution in [3.05, 3.63) is 0 Å². The number of aliphatic hydroxyl groups is 1. The van der Waals surface area contributed by atoms with Gasteiger partial charge in [-0.05, 0) is 26.4 Å². The summed E-state index contributed by atoms with van der Waals surface area (Å²) in [4.78, 5) is 2.17. The number of nitrogens with zero attached hydrogens (tertiary/aromatic N) is 1. The number of hydrogen-bond acceptors (Lipinski definition) is 3. The van der Waals surface area contributed by atoms with Gasteiger partial charge in [0, 0.05) is 19.6 Å². The smallest absolute Gasteiger partial charge is 0.0638 e. The summed E-state index contributed by atoms with van der Waals surface area (Å²) in [6.07, 6.45) is -0.240. The van der Waals surface area contributed by atoms with Gasteiger partial charge in [0.2, 0.25) is 0 Å². The summed E-state index contributed by atoms with van der Waals surface area (Å²) >= 11 is 0. The van der Waals surface area contributed by atoms with Gasteiger partial charge in [-0.25, -0.2) is 0 Å². The summed E-state index contributed by atoms with van der Waals surface area (Å²) in [6.45, 7) is 9.01. The first-order valence-electron chi connectivity index (χ1n) is 4.88. The average Bonchev–Trinajstić information content (AvgIpc) is 1.81. The minimum Gasteiger partial charge on any atom is -0.392 e. The van der Waals surface area contributed by atoms with Crippen LogP contribution < -0.4 is 5.32 Å². The first kappa shape index (κ1) is 12.9. The summed E-state index contributed by atoms with van der Waals surface area (Å²) < 4.78 is 0. The van der Waals surface area contributed by atoms with Gasteiger partial charge in [-0.2, -0.15) is 0 Å². The predicted octanol–water partition coefficient (Wildman–Crippen LogP) is 0.545. The van der Waals surface area contributed by atoms with Crippen LogP contribution in [0.25, 0.3) is 0 Å². The van der Waals surface area contributed by atoms with E-state index in [1.165, 1.54) is 0 Å². The molecule has 0 aliphatic heterocycles. The topological polar surface area (TPSA) is 35.5 Å². The fourth-order valence-electron chi connectivity index (χ4n) is 1.78. The Labute approximate surface area is 82.1 Å². The highest BCUT2D eigenvalue weighted by Gasteiger charge is 2.19. The monoisotopic (exact) mass is 188 g/mol. The summed E-state index contributed by atoms with van der Waals surface area (Å²) in [7, 11) is 4.01. The van der Waals surface area contributed by atoms with Gasteiger partial charge in [-0.3, -0.25) is 0 Å². The van der Waals surface area contributed by atoms with Crippen molar-refractivity contribution in [2.24, 2.45) is 5.41 Å². The Morgan fingerprint density at radius 3 is 2.38 bits per heavy atom. The maximum absolute atomic E-state index is 9.19. The standard InChI is InChI=1S/C10H24N2O/c1-9(13)6-12(5)8-10(2,3)7-11-4/h9,11,13H,6-8H2,1-5H3. The highest BCUT2D eigenvalue weighted by molar-refractivity contribution is 4.74. The van der Waals surface area contributed by atoms with Gasteiger partial charge >= 0.3 is 0 Å². The second kappa shape index (κ2) is 5.58. The molecule has 1 atom stereocenters. The van der Waals surface area contributed by atoms with Crippen molar-refractivity contribution in [2.45, 2.75) is 26.9 Å². The van der Waals surface area contributed by atoms with Gasteiger partial charge < -0.3 is 15.3 Å². The molecule has 0 radical (unpaired) electrons. The summed E-state index contributed by atoms with van der Waals surface area (Å²) in [5, 5.41) is 12.4. The van der Waals surface area contributed by atoms with E-state index in [1.54, 1.807) is 0 Å². The fourth-order valence-corrected chi connectivity index (χ4v) is 1.78. The number of nitrogens with one attached hydrogen (secondary N) is 1. The molecule has 0 aliphatic carbocycles. The van der Waals surface area contributed by atoms with E-state index < -0.39 is 0 Å². The lowest BCUT2D eigenvalue weighted by molar-refractivity contribution is 0.116. The number of rotatable bonds is 6.